The van der Waals surface area contributed by atoms with Gasteiger partial charge in [-0.3, -0.25) is 4.79 Å². The lowest BCUT2D eigenvalue weighted by molar-refractivity contribution is -0.109. The van der Waals surface area contributed by atoms with Gasteiger partial charge in [0.15, 0.2) is 5.12 Å². The quantitative estimate of drug-likeness (QED) is 0.782. The maximum Gasteiger partial charge on any atom is 0.186 e. The molecule has 4 heteroatoms. The highest BCUT2D eigenvalue weighted by molar-refractivity contribution is 8.13. The average molecular weight is 226 g/mol. The van der Waals surface area contributed by atoms with Gasteiger partial charge in [0.25, 0.3) is 0 Å². The number of hydrogen-bond donors (Lipinski definition) is 1. The van der Waals surface area contributed by atoms with Crippen molar-refractivity contribution in [1.29, 1.82) is 0 Å². The Balaban J connectivity index is 2.46. The number of aliphatic hydroxyl groups is 1. The predicted octanol–water partition coefficient (Wildman–Crippen LogP) is 1.87. The Hall–Kier alpha value is -0.760. The van der Waals surface area contributed by atoms with Crippen LogP contribution in [0.3, 0.4) is 0 Å². The Morgan fingerprint density at radius 2 is 2.50 bits per heavy atom. The van der Waals surface area contributed by atoms with Crippen LogP contribution in [0.4, 0.5) is 0 Å². The van der Waals surface area contributed by atoms with Gasteiger partial charge in [0.2, 0.25) is 0 Å². The van der Waals surface area contributed by atoms with E-state index in [1.807, 2.05) is 11.4 Å². The molecular formula is C10H10O2S2. The number of thioether (sulfide) groups is 1. The smallest absolute Gasteiger partial charge is 0.186 e. The van der Waals surface area contributed by atoms with E-state index in [2.05, 4.69) is 11.8 Å². The first-order valence-corrected chi connectivity index (χ1v) is 5.89. The van der Waals surface area contributed by atoms with E-state index in [4.69, 9.17) is 5.11 Å². The van der Waals surface area contributed by atoms with Crippen molar-refractivity contribution in [2.45, 2.75) is 13.5 Å². The van der Waals surface area contributed by atoms with Gasteiger partial charge in [0.1, 0.15) is 0 Å². The molecule has 0 amide bonds. The van der Waals surface area contributed by atoms with Crippen molar-refractivity contribution >= 4 is 28.2 Å². The summed E-state index contributed by atoms with van der Waals surface area (Å²) >= 11 is 2.69. The molecule has 74 valence electrons. The summed E-state index contributed by atoms with van der Waals surface area (Å²) in [5, 5.41) is 10.8. The van der Waals surface area contributed by atoms with Gasteiger partial charge >= 0.3 is 0 Å². The Labute approximate surface area is 91.3 Å². The van der Waals surface area contributed by atoms with Crippen molar-refractivity contribution in [2.75, 3.05) is 5.75 Å². The van der Waals surface area contributed by atoms with Crippen molar-refractivity contribution in [2.24, 2.45) is 0 Å². The van der Waals surface area contributed by atoms with E-state index >= 15 is 0 Å². The first-order chi connectivity index (χ1) is 6.72. The second-order valence-corrected chi connectivity index (χ2v) is 4.69. The summed E-state index contributed by atoms with van der Waals surface area (Å²) in [6, 6.07) is 1.86. The Morgan fingerprint density at radius 3 is 3.07 bits per heavy atom. The van der Waals surface area contributed by atoms with Crippen LogP contribution in [0.1, 0.15) is 17.4 Å². The Kier molecular flexibility index (Phi) is 4.74. The zero-order valence-electron chi connectivity index (χ0n) is 7.74. The number of hydrogen-bond acceptors (Lipinski definition) is 4. The topological polar surface area (TPSA) is 37.3 Å². The van der Waals surface area contributed by atoms with Crippen molar-refractivity contribution in [3.05, 3.63) is 21.9 Å². The van der Waals surface area contributed by atoms with Gasteiger partial charge in [-0.1, -0.05) is 23.6 Å². The maximum atomic E-state index is 10.6. The number of carbonyl (C=O) groups excluding carboxylic acids is 1. The van der Waals surface area contributed by atoms with E-state index in [9.17, 15) is 4.79 Å². The number of carbonyl (C=O) groups is 1. The van der Waals surface area contributed by atoms with Crippen molar-refractivity contribution < 1.29 is 9.90 Å². The van der Waals surface area contributed by atoms with Crippen molar-refractivity contribution in [1.82, 2.24) is 0 Å². The molecule has 0 aliphatic heterocycles. The molecule has 0 bridgehead atoms. The molecule has 1 aromatic heterocycles. The van der Waals surface area contributed by atoms with Crippen molar-refractivity contribution in [3.8, 4) is 11.8 Å². The fourth-order valence-corrected chi connectivity index (χ4v) is 1.83. The maximum absolute atomic E-state index is 10.6. The molecule has 2 nitrogen and oxygen atoms in total. The lowest BCUT2D eigenvalue weighted by atomic mass is 10.3. The van der Waals surface area contributed by atoms with Gasteiger partial charge in [0.05, 0.1) is 12.4 Å². The second-order valence-electron chi connectivity index (χ2n) is 2.54. The highest BCUT2D eigenvalue weighted by Crippen LogP contribution is 2.13. The molecule has 1 aromatic rings. The number of rotatable bonds is 2. The van der Waals surface area contributed by atoms with E-state index in [0.717, 1.165) is 10.4 Å². The molecule has 0 aromatic carbocycles. The zero-order chi connectivity index (χ0) is 10.4. The molecule has 0 aliphatic rings. The van der Waals surface area contributed by atoms with Crippen LogP contribution in [0, 0.1) is 11.8 Å². The van der Waals surface area contributed by atoms with Gasteiger partial charge in [0, 0.05) is 22.7 Å². The van der Waals surface area contributed by atoms with E-state index < -0.39 is 0 Å². The molecule has 0 radical (unpaired) electrons. The van der Waals surface area contributed by atoms with Gasteiger partial charge in [-0.15, -0.1) is 11.3 Å². The monoisotopic (exact) mass is 226 g/mol. The molecule has 0 unspecified atom stereocenters. The van der Waals surface area contributed by atoms with Crippen LogP contribution in [0.15, 0.2) is 11.4 Å². The second kappa shape index (κ2) is 5.86. The summed E-state index contributed by atoms with van der Waals surface area (Å²) in [5.41, 5.74) is 0.906. The minimum Gasteiger partial charge on any atom is -0.391 e. The normalized spacial score (nSPS) is 9.29. The molecule has 0 saturated carbocycles. The zero-order valence-corrected chi connectivity index (χ0v) is 9.37. The average Bonchev–Trinajstić information content (AvgIpc) is 2.60. The van der Waals surface area contributed by atoms with Crippen LogP contribution in [-0.4, -0.2) is 16.0 Å². The summed E-state index contributed by atoms with van der Waals surface area (Å²) in [5.74, 6) is 6.35. The van der Waals surface area contributed by atoms with Crippen LogP contribution >= 0.6 is 23.1 Å². The minimum absolute atomic E-state index is 0.0640. The molecule has 0 spiro atoms. The van der Waals surface area contributed by atoms with Gasteiger partial charge < -0.3 is 5.11 Å². The highest BCUT2D eigenvalue weighted by atomic mass is 32.2. The van der Waals surface area contributed by atoms with Crippen LogP contribution in [0.5, 0.6) is 0 Å². The fraction of sp³-hybridized carbons (Fsp3) is 0.300. The van der Waals surface area contributed by atoms with E-state index in [1.54, 1.807) is 0 Å². The fourth-order valence-electron chi connectivity index (χ4n) is 0.805. The van der Waals surface area contributed by atoms with Gasteiger partial charge in [-0.2, -0.15) is 0 Å². The summed E-state index contributed by atoms with van der Waals surface area (Å²) in [6.07, 6.45) is 0. The number of thiophene rings is 1. The minimum atomic E-state index is 0.0640. The third-order valence-corrected chi connectivity index (χ3v) is 3.01. The van der Waals surface area contributed by atoms with Crippen molar-refractivity contribution in [3.63, 3.8) is 0 Å². The predicted molar refractivity (Wildman–Crippen MR) is 60.3 cm³/mol. The van der Waals surface area contributed by atoms with Crippen LogP contribution in [0.25, 0.3) is 0 Å². The summed E-state index contributed by atoms with van der Waals surface area (Å²) < 4.78 is 0. The largest absolute Gasteiger partial charge is 0.391 e. The first-order valence-electron chi connectivity index (χ1n) is 4.03. The summed E-state index contributed by atoms with van der Waals surface area (Å²) in [4.78, 5) is 11.5. The summed E-state index contributed by atoms with van der Waals surface area (Å²) in [7, 11) is 0. The molecule has 1 heterocycles. The molecule has 0 aliphatic carbocycles. The van der Waals surface area contributed by atoms with E-state index in [-0.39, 0.29) is 11.7 Å². The van der Waals surface area contributed by atoms with E-state index in [0.29, 0.717) is 5.75 Å². The SMILES string of the molecule is CC(=O)SCC#Cc1csc(CO)c1. The third-order valence-electron chi connectivity index (χ3n) is 1.39. The van der Waals surface area contributed by atoms with Crippen LogP contribution in [-0.2, 0) is 11.4 Å². The molecular weight excluding hydrogens is 216 g/mol. The molecule has 1 rings (SSSR count). The van der Waals surface area contributed by atoms with E-state index in [1.165, 1.54) is 30.0 Å². The first kappa shape index (κ1) is 11.3. The molecule has 0 fully saturated rings. The van der Waals surface area contributed by atoms with Gasteiger partial charge in [-0.25, -0.2) is 0 Å². The Bertz CT molecular complexity index is 371. The molecule has 1 N–H and O–H groups in total. The summed E-state index contributed by atoms with van der Waals surface area (Å²) in [6.45, 7) is 1.59. The Morgan fingerprint density at radius 1 is 1.71 bits per heavy atom. The van der Waals surface area contributed by atoms with Crippen LogP contribution < -0.4 is 0 Å². The highest BCUT2D eigenvalue weighted by Gasteiger charge is 1.94. The lowest BCUT2D eigenvalue weighted by Crippen LogP contribution is -1.81. The molecule has 14 heavy (non-hydrogen) atoms. The third kappa shape index (κ3) is 3.97. The standard InChI is InChI=1S/C10H10O2S2/c1-8(12)13-4-2-3-9-5-10(6-11)14-7-9/h5,7,11H,4,6H2,1H3. The molecule has 0 atom stereocenters. The molecule has 0 saturated heterocycles. The lowest BCUT2D eigenvalue weighted by Gasteiger charge is -1.84. The number of aliphatic hydroxyl groups excluding tert-OH is 1. The van der Waals surface area contributed by atoms with Gasteiger partial charge in [-0.05, 0) is 6.07 Å². The van der Waals surface area contributed by atoms with Crippen LogP contribution in [0.2, 0.25) is 0 Å².